The number of aryl methyl sites for hydroxylation is 1. The summed E-state index contributed by atoms with van der Waals surface area (Å²) in [7, 11) is 1.77. The molecule has 7 heteroatoms. The van der Waals surface area contributed by atoms with Crippen LogP contribution in [0, 0.1) is 0 Å². The second kappa shape index (κ2) is 9.02. The van der Waals surface area contributed by atoms with E-state index in [1.54, 1.807) is 23.9 Å². The van der Waals surface area contributed by atoms with E-state index in [0.717, 1.165) is 18.4 Å². The number of amides is 2. The number of hydrogen-bond donors (Lipinski definition) is 2. The lowest BCUT2D eigenvalue weighted by Gasteiger charge is -2.11. The molecule has 6 nitrogen and oxygen atoms in total. The number of halogens is 1. The number of hydrogen-bond acceptors (Lipinski definition) is 3. The number of carbonyl (C=O) groups excluding carboxylic acids is 2. The Morgan fingerprint density at radius 3 is 2.35 bits per heavy atom. The molecule has 3 aromatic rings. The van der Waals surface area contributed by atoms with Crippen molar-refractivity contribution in [3.8, 4) is 11.3 Å². The first-order valence-electron chi connectivity index (χ1n) is 9.89. The smallest absolute Gasteiger partial charge is 0.256 e. The summed E-state index contributed by atoms with van der Waals surface area (Å²) in [5.74, 6) is 0.169. The van der Waals surface area contributed by atoms with Crippen molar-refractivity contribution in [3.05, 3.63) is 89.0 Å². The highest BCUT2D eigenvalue weighted by atomic mass is 35.5. The maximum atomic E-state index is 12.4. The van der Waals surface area contributed by atoms with Gasteiger partial charge in [-0.1, -0.05) is 54.1 Å². The number of allylic oxidation sites excluding steroid dienone is 2. The molecule has 1 aliphatic rings. The predicted octanol–water partition coefficient (Wildman–Crippen LogP) is 5.12. The number of anilines is 2. The maximum absolute atomic E-state index is 12.4. The first-order chi connectivity index (χ1) is 15.0. The van der Waals surface area contributed by atoms with Crippen LogP contribution < -0.4 is 10.6 Å². The van der Waals surface area contributed by atoms with Gasteiger partial charge < -0.3 is 10.6 Å². The molecule has 1 heterocycles. The molecule has 0 radical (unpaired) electrons. The lowest BCUT2D eigenvalue weighted by molar-refractivity contribution is -0.112. The van der Waals surface area contributed by atoms with E-state index < -0.39 is 0 Å². The molecule has 0 saturated carbocycles. The van der Waals surface area contributed by atoms with Crippen LogP contribution in [0.5, 0.6) is 0 Å². The second-order valence-electron chi connectivity index (χ2n) is 7.14. The van der Waals surface area contributed by atoms with Crippen molar-refractivity contribution in [2.45, 2.75) is 12.8 Å². The highest BCUT2D eigenvalue weighted by Gasteiger charge is 2.16. The molecular formula is C24H21ClN4O2. The van der Waals surface area contributed by atoms with Gasteiger partial charge in [0.15, 0.2) is 0 Å². The Hall–Kier alpha value is -3.64. The first kappa shape index (κ1) is 20.6. The van der Waals surface area contributed by atoms with Crippen molar-refractivity contribution in [2.75, 3.05) is 10.6 Å². The lowest BCUT2D eigenvalue weighted by atomic mass is 10.1. The average molecular weight is 433 g/mol. The van der Waals surface area contributed by atoms with E-state index in [1.807, 2.05) is 60.7 Å². The van der Waals surface area contributed by atoms with Crippen LogP contribution in [0.2, 0.25) is 0 Å². The average Bonchev–Trinajstić information content (AvgIpc) is 3.15. The van der Waals surface area contributed by atoms with Crippen LogP contribution in [0.15, 0.2) is 83.4 Å². The molecule has 4 rings (SSSR count). The van der Waals surface area contributed by atoms with Gasteiger partial charge in [0.05, 0.1) is 11.3 Å². The minimum Gasteiger partial charge on any atom is -0.322 e. The number of nitrogens with one attached hydrogen (secondary N) is 2. The van der Waals surface area contributed by atoms with Crippen molar-refractivity contribution in [1.82, 2.24) is 9.78 Å². The Balaban J connectivity index is 1.45. The van der Waals surface area contributed by atoms with Gasteiger partial charge in [0.25, 0.3) is 11.8 Å². The Kier molecular flexibility index (Phi) is 6.00. The van der Waals surface area contributed by atoms with Crippen LogP contribution in [-0.4, -0.2) is 21.6 Å². The molecule has 2 amide bonds. The van der Waals surface area contributed by atoms with Gasteiger partial charge in [-0.05, 0) is 37.1 Å². The van der Waals surface area contributed by atoms with E-state index in [-0.39, 0.29) is 11.8 Å². The third-order valence-electron chi connectivity index (χ3n) is 4.94. The van der Waals surface area contributed by atoms with Gasteiger partial charge in [0, 0.05) is 35.0 Å². The topological polar surface area (TPSA) is 76.0 Å². The summed E-state index contributed by atoms with van der Waals surface area (Å²) in [6.07, 6.45) is 5.36. The van der Waals surface area contributed by atoms with Crippen molar-refractivity contribution in [1.29, 1.82) is 0 Å². The highest BCUT2D eigenvalue weighted by Crippen LogP contribution is 2.26. The largest absolute Gasteiger partial charge is 0.322 e. The highest BCUT2D eigenvalue weighted by molar-refractivity contribution is 6.36. The molecule has 0 spiro atoms. The summed E-state index contributed by atoms with van der Waals surface area (Å²) in [6.45, 7) is 0. The number of rotatable bonds is 5. The summed E-state index contributed by atoms with van der Waals surface area (Å²) in [5.41, 5.74) is 3.32. The van der Waals surface area contributed by atoms with Crippen LogP contribution in [0.1, 0.15) is 23.2 Å². The Morgan fingerprint density at radius 1 is 0.935 bits per heavy atom. The molecule has 0 unspecified atom stereocenters. The van der Waals surface area contributed by atoms with Crippen LogP contribution in [0.4, 0.5) is 11.5 Å². The summed E-state index contributed by atoms with van der Waals surface area (Å²) in [4.78, 5) is 24.8. The Labute approximate surface area is 185 Å². The van der Waals surface area contributed by atoms with Gasteiger partial charge in [-0.25, -0.2) is 0 Å². The van der Waals surface area contributed by atoms with E-state index >= 15 is 0 Å². The van der Waals surface area contributed by atoms with Gasteiger partial charge in [0.1, 0.15) is 5.82 Å². The molecule has 0 saturated heterocycles. The number of nitrogens with zero attached hydrogens (tertiary/aromatic N) is 2. The summed E-state index contributed by atoms with van der Waals surface area (Å²) in [6, 6.07) is 18.2. The van der Waals surface area contributed by atoms with Crippen LogP contribution in [0.25, 0.3) is 11.3 Å². The second-order valence-corrected chi connectivity index (χ2v) is 7.54. The van der Waals surface area contributed by atoms with E-state index in [2.05, 4.69) is 15.7 Å². The van der Waals surface area contributed by atoms with Crippen LogP contribution in [-0.2, 0) is 11.8 Å². The standard InChI is InChI=1S/C24H21ClN4O2/c1-29-22(27-23(30)17-7-3-2-4-8-17)15-21(28-29)16-11-13-18(14-12-16)26-24(31)19-9-5-6-10-20(19)25/h2-4,7-15H,5-6H2,1H3,(H,26,31)(H,27,30). The van der Waals surface area contributed by atoms with E-state index in [4.69, 9.17) is 11.6 Å². The molecule has 156 valence electrons. The van der Waals surface area contributed by atoms with E-state index in [0.29, 0.717) is 33.4 Å². The fourth-order valence-electron chi connectivity index (χ4n) is 3.27. The molecule has 0 aliphatic heterocycles. The molecule has 2 aromatic carbocycles. The summed E-state index contributed by atoms with van der Waals surface area (Å²) in [5, 5.41) is 10.7. The molecule has 2 N–H and O–H groups in total. The minimum absolute atomic E-state index is 0.196. The summed E-state index contributed by atoms with van der Waals surface area (Å²) < 4.78 is 1.62. The van der Waals surface area contributed by atoms with Crippen molar-refractivity contribution in [2.24, 2.45) is 7.05 Å². The Morgan fingerprint density at radius 2 is 1.65 bits per heavy atom. The van der Waals surface area contributed by atoms with Gasteiger partial charge in [0.2, 0.25) is 0 Å². The lowest BCUT2D eigenvalue weighted by Crippen LogP contribution is -2.15. The zero-order valence-corrected chi connectivity index (χ0v) is 17.7. The zero-order valence-electron chi connectivity index (χ0n) is 16.9. The van der Waals surface area contributed by atoms with Crippen molar-refractivity contribution < 1.29 is 9.59 Å². The first-order valence-corrected chi connectivity index (χ1v) is 10.3. The van der Waals surface area contributed by atoms with E-state index in [9.17, 15) is 9.59 Å². The van der Waals surface area contributed by atoms with Gasteiger partial charge >= 0.3 is 0 Å². The zero-order chi connectivity index (χ0) is 21.8. The predicted molar refractivity (Wildman–Crippen MR) is 123 cm³/mol. The van der Waals surface area contributed by atoms with Crippen LogP contribution in [0.3, 0.4) is 0 Å². The number of benzene rings is 2. The molecule has 1 aliphatic carbocycles. The molecule has 0 atom stereocenters. The quantitative estimate of drug-likeness (QED) is 0.587. The fraction of sp³-hybridized carbons (Fsp3) is 0.125. The van der Waals surface area contributed by atoms with Gasteiger partial charge in [-0.3, -0.25) is 14.3 Å². The molecule has 1 aromatic heterocycles. The molecule has 31 heavy (non-hydrogen) atoms. The molecule has 0 bridgehead atoms. The van der Waals surface area contributed by atoms with Gasteiger partial charge in [-0.2, -0.15) is 5.10 Å². The van der Waals surface area contributed by atoms with Crippen molar-refractivity contribution >= 4 is 34.9 Å². The normalized spacial score (nSPS) is 13.2. The van der Waals surface area contributed by atoms with Gasteiger partial charge in [-0.15, -0.1) is 0 Å². The van der Waals surface area contributed by atoms with Crippen LogP contribution >= 0.6 is 11.6 Å². The van der Waals surface area contributed by atoms with Crippen molar-refractivity contribution in [3.63, 3.8) is 0 Å². The van der Waals surface area contributed by atoms with E-state index in [1.165, 1.54) is 0 Å². The maximum Gasteiger partial charge on any atom is 0.256 e. The molecule has 0 fully saturated rings. The third-order valence-corrected chi connectivity index (χ3v) is 5.29. The molecular weight excluding hydrogens is 412 g/mol. The minimum atomic E-state index is -0.225. The SMILES string of the molecule is Cn1nc(-c2ccc(NC(=O)C3=CCCC=C3Cl)cc2)cc1NC(=O)c1ccccc1. The number of aromatic nitrogens is 2. The monoisotopic (exact) mass is 432 g/mol. The number of carbonyl (C=O) groups is 2. The Bertz CT molecular complexity index is 1180. The third kappa shape index (κ3) is 4.75. The fourth-order valence-corrected chi connectivity index (χ4v) is 3.54. The summed E-state index contributed by atoms with van der Waals surface area (Å²) >= 11 is 6.13.